The van der Waals surface area contributed by atoms with E-state index in [0.717, 1.165) is 0 Å². The molecule has 1 atom stereocenters. The molecule has 36 heavy (non-hydrogen) atoms. The number of benzene rings is 3. The lowest BCUT2D eigenvalue weighted by atomic mass is 10.00. The third-order valence-electron chi connectivity index (χ3n) is 5.52. The number of carbonyl (C=O) groups is 2. The van der Waals surface area contributed by atoms with Crippen molar-refractivity contribution in [3.8, 4) is 5.75 Å². The van der Waals surface area contributed by atoms with Crippen molar-refractivity contribution in [3.63, 3.8) is 0 Å². The van der Waals surface area contributed by atoms with Crippen molar-refractivity contribution in [2.24, 2.45) is 0 Å². The quantitative estimate of drug-likeness (QED) is 0.419. The molecule has 9 heteroatoms. The number of nitrogens with one attached hydrogen (secondary N) is 1. The Hall–Kier alpha value is -4.27. The van der Waals surface area contributed by atoms with Gasteiger partial charge in [0.15, 0.2) is 0 Å². The Labute approximate surface area is 208 Å². The Bertz CT molecular complexity index is 1400. The molecular formula is C27H28FN5O3. The molecule has 4 rings (SSSR count). The van der Waals surface area contributed by atoms with Crippen molar-refractivity contribution in [2.75, 3.05) is 12.0 Å². The number of halogens is 1. The van der Waals surface area contributed by atoms with Gasteiger partial charge in [0.2, 0.25) is 11.8 Å². The first-order valence-corrected chi connectivity index (χ1v) is 11.5. The smallest absolute Gasteiger partial charge is 0.249 e. The number of hydrogen-bond acceptors (Lipinski definition) is 5. The number of carbonyl (C=O) groups excluding carboxylic acids is 2. The lowest BCUT2D eigenvalue weighted by Gasteiger charge is -2.34. The van der Waals surface area contributed by atoms with Crippen molar-refractivity contribution in [1.29, 1.82) is 0 Å². The largest absolute Gasteiger partial charge is 0.495 e. The summed E-state index contributed by atoms with van der Waals surface area (Å²) in [7, 11) is 1.47. The van der Waals surface area contributed by atoms with E-state index in [-0.39, 0.29) is 12.1 Å². The van der Waals surface area contributed by atoms with Crippen LogP contribution in [0, 0.1) is 5.82 Å². The summed E-state index contributed by atoms with van der Waals surface area (Å²) in [5, 5.41) is 11.1. The molecule has 0 aliphatic rings. The van der Waals surface area contributed by atoms with Gasteiger partial charge in [0.1, 0.15) is 29.7 Å². The maximum atomic E-state index is 15.2. The summed E-state index contributed by atoms with van der Waals surface area (Å²) >= 11 is 0. The molecule has 0 aliphatic heterocycles. The van der Waals surface area contributed by atoms with Crippen LogP contribution in [-0.4, -0.2) is 39.5 Å². The molecule has 8 nitrogen and oxygen atoms in total. The Morgan fingerprint density at radius 2 is 1.69 bits per heavy atom. The molecule has 186 valence electrons. The Morgan fingerprint density at radius 1 is 1.03 bits per heavy atom. The van der Waals surface area contributed by atoms with Crippen molar-refractivity contribution in [2.45, 2.75) is 38.9 Å². The first-order valence-electron chi connectivity index (χ1n) is 11.5. The van der Waals surface area contributed by atoms with Crippen LogP contribution < -0.4 is 15.0 Å². The van der Waals surface area contributed by atoms with Crippen LogP contribution in [0.4, 0.5) is 10.1 Å². The normalized spacial score (nSPS) is 12.2. The van der Waals surface area contributed by atoms with Gasteiger partial charge in [-0.1, -0.05) is 47.7 Å². The number of nitrogens with zero attached hydrogens (tertiary/aromatic N) is 4. The average molecular weight is 490 g/mol. The van der Waals surface area contributed by atoms with E-state index in [4.69, 9.17) is 4.74 Å². The van der Waals surface area contributed by atoms with Gasteiger partial charge in [0.25, 0.3) is 0 Å². The van der Waals surface area contributed by atoms with Crippen LogP contribution in [0.3, 0.4) is 0 Å². The summed E-state index contributed by atoms with van der Waals surface area (Å²) < 4.78 is 22.1. The number of ether oxygens (including phenoxy) is 1. The summed E-state index contributed by atoms with van der Waals surface area (Å²) in [5.41, 5.74) is 1.05. The minimum atomic E-state index is -1.32. The molecule has 1 aromatic heterocycles. The van der Waals surface area contributed by atoms with Crippen LogP contribution in [0.15, 0.2) is 72.8 Å². The summed E-state index contributed by atoms with van der Waals surface area (Å²) in [4.78, 5) is 29.0. The molecule has 0 aliphatic carbocycles. The molecule has 1 heterocycles. The Kier molecular flexibility index (Phi) is 7.00. The molecule has 4 aromatic rings. The van der Waals surface area contributed by atoms with Gasteiger partial charge in [-0.15, -0.1) is 5.10 Å². The molecule has 2 amide bonds. The summed E-state index contributed by atoms with van der Waals surface area (Å²) in [5.74, 6) is -1.27. The molecule has 0 spiro atoms. The van der Waals surface area contributed by atoms with E-state index < -0.39 is 29.2 Å². The highest BCUT2D eigenvalue weighted by molar-refractivity contribution is 6.02. The fourth-order valence-electron chi connectivity index (χ4n) is 4.02. The summed E-state index contributed by atoms with van der Waals surface area (Å²) in [6, 6.07) is 18.7. The van der Waals surface area contributed by atoms with E-state index in [1.807, 2.05) is 32.9 Å². The van der Waals surface area contributed by atoms with Crippen molar-refractivity contribution < 1.29 is 18.7 Å². The van der Waals surface area contributed by atoms with Crippen LogP contribution in [-0.2, 0) is 16.1 Å². The maximum absolute atomic E-state index is 15.2. The molecule has 0 radical (unpaired) electrons. The minimum absolute atomic E-state index is 0.0574. The zero-order valence-corrected chi connectivity index (χ0v) is 20.6. The second kappa shape index (κ2) is 10.2. The van der Waals surface area contributed by atoms with Crippen molar-refractivity contribution in [1.82, 2.24) is 20.3 Å². The van der Waals surface area contributed by atoms with E-state index in [2.05, 4.69) is 15.6 Å². The van der Waals surface area contributed by atoms with Gasteiger partial charge in [0.05, 0.1) is 18.3 Å². The molecule has 0 saturated heterocycles. The SMILES string of the molecule is COc1ccccc1N(C(=O)Cn1nnc2ccccc21)[C@H](C(=O)NC(C)(C)C)c1ccccc1F. The number of para-hydroxylation sites is 3. The average Bonchev–Trinajstić information content (AvgIpc) is 3.24. The summed E-state index contributed by atoms with van der Waals surface area (Å²) in [6.07, 6.45) is 0. The molecular weight excluding hydrogens is 461 g/mol. The monoisotopic (exact) mass is 489 g/mol. The summed E-state index contributed by atoms with van der Waals surface area (Å²) in [6.45, 7) is 5.23. The number of methoxy groups -OCH3 is 1. The Balaban J connectivity index is 1.88. The third kappa shape index (κ3) is 5.19. The molecule has 0 fully saturated rings. The number of amides is 2. The standard InChI is InChI=1S/C27H28FN5O3/c1-27(2,3)29-26(35)25(18-11-5-6-12-19(18)28)33(22-15-9-10-16-23(22)36-4)24(34)17-32-21-14-8-7-13-20(21)30-31-32/h5-16,25H,17H2,1-4H3,(H,29,35)/t25-/m0/s1. The molecule has 3 aromatic carbocycles. The highest BCUT2D eigenvalue weighted by Gasteiger charge is 2.37. The van der Waals surface area contributed by atoms with Crippen molar-refractivity contribution in [3.05, 3.63) is 84.2 Å². The van der Waals surface area contributed by atoms with Crippen LogP contribution >= 0.6 is 0 Å². The van der Waals surface area contributed by atoms with E-state index in [9.17, 15) is 9.59 Å². The third-order valence-corrected chi connectivity index (χ3v) is 5.52. The zero-order valence-electron chi connectivity index (χ0n) is 20.6. The number of hydrogen-bond donors (Lipinski definition) is 1. The van der Waals surface area contributed by atoms with Gasteiger partial charge in [-0.3, -0.25) is 14.5 Å². The van der Waals surface area contributed by atoms with Gasteiger partial charge in [-0.2, -0.15) is 0 Å². The second-order valence-electron chi connectivity index (χ2n) is 9.33. The lowest BCUT2D eigenvalue weighted by molar-refractivity contribution is -0.128. The van der Waals surface area contributed by atoms with E-state index in [1.165, 1.54) is 34.9 Å². The zero-order chi connectivity index (χ0) is 25.9. The predicted octanol–water partition coefficient (Wildman–Crippen LogP) is 4.27. The van der Waals surface area contributed by atoms with E-state index in [1.54, 1.807) is 42.5 Å². The Morgan fingerprint density at radius 3 is 2.42 bits per heavy atom. The highest BCUT2D eigenvalue weighted by atomic mass is 19.1. The van der Waals surface area contributed by atoms with Gasteiger partial charge in [-0.05, 0) is 51.1 Å². The molecule has 0 unspecified atom stereocenters. The predicted molar refractivity (Wildman–Crippen MR) is 135 cm³/mol. The highest BCUT2D eigenvalue weighted by Crippen LogP contribution is 2.36. The van der Waals surface area contributed by atoms with E-state index >= 15 is 4.39 Å². The topological polar surface area (TPSA) is 89.3 Å². The minimum Gasteiger partial charge on any atom is -0.495 e. The molecule has 0 bridgehead atoms. The lowest BCUT2D eigenvalue weighted by Crippen LogP contribution is -2.50. The van der Waals surface area contributed by atoms with Crippen molar-refractivity contribution >= 4 is 28.5 Å². The van der Waals surface area contributed by atoms with Crippen LogP contribution in [0.25, 0.3) is 11.0 Å². The van der Waals surface area contributed by atoms with Crippen LogP contribution in [0.2, 0.25) is 0 Å². The molecule has 1 N–H and O–H groups in total. The van der Waals surface area contributed by atoms with Gasteiger partial charge in [-0.25, -0.2) is 9.07 Å². The van der Waals surface area contributed by atoms with E-state index in [0.29, 0.717) is 22.5 Å². The fraction of sp³-hybridized carbons (Fsp3) is 0.259. The first-order chi connectivity index (χ1) is 17.2. The van der Waals surface area contributed by atoms with Gasteiger partial charge >= 0.3 is 0 Å². The van der Waals surface area contributed by atoms with Crippen LogP contribution in [0.5, 0.6) is 5.75 Å². The number of anilines is 1. The van der Waals surface area contributed by atoms with Crippen LogP contribution in [0.1, 0.15) is 32.4 Å². The second-order valence-corrected chi connectivity index (χ2v) is 9.33. The number of aromatic nitrogens is 3. The van der Waals surface area contributed by atoms with Gasteiger partial charge < -0.3 is 10.1 Å². The fourth-order valence-corrected chi connectivity index (χ4v) is 4.02. The number of rotatable bonds is 7. The van der Waals surface area contributed by atoms with Gasteiger partial charge in [0, 0.05) is 11.1 Å². The molecule has 0 saturated carbocycles. The first kappa shape index (κ1) is 24.8. The maximum Gasteiger partial charge on any atom is 0.249 e. The number of fused-ring (bicyclic) bond motifs is 1.